The number of hydrogen-bond acceptors (Lipinski definition) is 3. The zero-order valence-electron chi connectivity index (χ0n) is 9.84. The van der Waals surface area contributed by atoms with Crippen LogP contribution in [0.15, 0.2) is 34.7 Å². The molecule has 0 spiro atoms. The molecule has 0 bridgehead atoms. The second-order valence-electron chi connectivity index (χ2n) is 4.29. The van der Waals surface area contributed by atoms with E-state index in [2.05, 4.69) is 0 Å². The Kier molecular flexibility index (Phi) is 2.30. The number of nitrogens with zero attached hydrogens (tertiary/aromatic N) is 1. The van der Waals surface area contributed by atoms with E-state index in [-0.39, 0.29) is 5.91 Å². The molecular weight excluding hydrogens is 230 g/mol. The van der Waals surface area contributed by atoms with Crippen molar-refractivity contribution < 1.29 is 14.0 Å². The lowest BCUT2D eigenvalue weighted by Gasteiger charge is -2.10. The molecule has 0 N–H and O–H groups in total. The highest BCUT2D eigenvalue weighted by atomic mass is 16.3. The Bertz CT molecular complexity index is 642. The predicted molar refractivity (Wildman–Crippen MR) is 66.6 cm³/mol. The van der Waals surface area contributed by atoms with Crippen LogP contribution in [0.5, 0.6) is 0 Å². The number of benzene rings is 1. The lowest BCUT2D eigenvalue weighted by Crippen LogP contribution is -2.20. The number of fused-ring (bicyclic) bond motifs is 1. The van der Waals surface area contributed by atoms with Crippen LogP contribution in [0.25, 0.3) is 11.3 Å². The first-order valence-electron chi connectivity index (χ1n) is 5.64. The summed E-state index contributed by atoms with van der Waals surface area (Å²) in [5, 5.41) is 0. The van der Waals surface area contributed by atoms with Crippen molar-refractivity contribution >= 4 is 17.9 Å². The summed E-state index contributed by atoms with van der Waals surface area (Å²) in [6.07, 6.45) is 1.12. The molecule has 1 aliphatic rings. The summed E-state index contributed by atoms with van der Waals surface area (Å²) in [7, 11) is 1.76. The number of furan rings is 1. The molecular formula is C14H11NO3. The average molecular weight is 241 g/mol. The van der Waals surface area contributed by atoms with Gasteiger partial charge in [0, 0.05) is 18.3 Å². The van der Waals surface area contributed by atoms with Gasteiger partial charge >= 0.3 is 0 Å². The number of anilines is 1. The van der Waals surface area contributed by atoms with E-state index in [0.29, 0.717) is 24.2 Å². The van der Waals surface area contributed by atoms with E-state index in [4.69, 9.17) is 4.42 Å². The molecule has 0 radical (unpaired) electrons. The minimum absolute atomic E-state index is 0.0928. The maximum atomic E-state index is 11.6. The molecule has 0 saturated heterocycles. The van der Waals surface area contributed by atoms with E-state index in [0.717, 1.165) is 16.8 Å². The van der Waals surface area contributed by atoms with E-state index < -0.39 is 0 Å². The second-order valence-corrected chi connectivity index (χ2v) is 4.29. The van der Waals surface area contributed by atoms with E-state index in [9.17, 15) is 9.59 Å². The van der Waals surface area contributed by atoms with Crippen molar-refractivity contribution in [1.82, 2.24) is 0 Å². The van der Waals surface area contributed by atoms with Crippen molar-refractivity contribution in [3.8, 4) is 11.3 Å². The number of likely N-dealkylation sites (N-methyl/N-ethyl adjacent to an activating group) is 1. The van der Waals surface area contributed by atoms with Gasteiger partial charge in [-0.1, -0.05) is 12.1 Å². The lowest BCUT2D eigenvalue weighted by atomic mass is 10.1. The van der Waals surface area contributed by atoms with Crippen LogP contribution in [0.2, 0.25) is 0 Å². The SMILES string of the molecule is CN1C(=O)Cc2ccc(-c3ccc(C=O)o3)cc21. The Morgan fingerprint density at radius 3 is 2.83 bits per heavy atom. The second kappa shape index (κ2) is 3.84. The van der Waals surface area contributed by atoms with Gasteiger partial charge in [0.2, 0.25) is 5.91 Å². The van der Waals surface area contributed by atoms with Crippen molar-refractivity contribution in [2.24, 2.45) is 0 Å². The molecule has 90 valence electrons. The first kappa shape index (κ1) is 10.8. The minimum Gasteiger partial charge on any atom is -0.453 e. The first-order chi connectivity index (χ1) is 8.69. The van der Waals surface area contributed by atoms with Gasteiger partial charge < -0.3 is 9.32 Å². The molecule has 1 aromatic carbocycles. The topological polar surface area (TPSA) is 50.5 Å². The Morgan fingerprint density at radius 2 is 2.11 bits per heavy atom. The van der Waals surface area contributed by atoms with E-state index in [1.165, 1.54) is 0 Å². The maximum absolute atomic E-state index is 11.6. The minimum atomic E-state index is 0.0928. The summed E-state index contributed by atoms with van der Waals surface area (Å²) in [5.41, 5.74) is 2.79. The molecule has 4 heteroatoms. The maximum Gasteiger partial charge on any atom is 0.231 e. The normalized spacial score (nSPS) is 13.8. The molecule has 4 nitrogen and oxygen atoms in total. The number of carbonyl (C=O) groups excluding carboxylic acids is 2. The fraction of sp³-hybridized carbons (Fsp3) is 0.143. The van der Waals surface area contributed by atoms with Gasteiger partial charge in [-0.2, -0.15) is 0 Å². The standard InChI is InChI=1S/C14H11NO3/c1-15-12-6-10(3-2-9(12)7-14(15)17)13-5-4-11(8-16)18-13/h2-6,8H,7H2,1H3. The molecule has 1 amide bonds. The van der Waals surface area contributed by atoms with Crippen molar-refractivity contribution in [3.63, 3.8) is 0 Å². The van der Waals surface area contributed by atoms with Crippen molar-refractivity contribution in [2.75, 3.05) is 11.9 Å². The van der Waals surface area contributed by atoms with Crippen LogP contribution < -0.4 is 4.90 Å². The first-order valence-corrected chi connectivity index (χ1v) is 5.64. The quantitative estimate of drug-likeness (QED) is 0.758. The number of carbonyl (C=O) groups is 2. The lowest BCUT2D eigenvalue weighted by molar-refractivity contribution is -0.117. The predicted octanol–water partition coefficient (Wildman–Crippen LogP) is 2.28. The van der Waals surface area contributed by atoms with Crippen molar-refractivity contribution in [2.45, 2.75) is 6.42 Å². The summed E-state index contributed by atoms with van der Waals surface area (Å²) in [4.78, 5) is 23.8. The third kappa shape index (κ3) is 1.54. The van der Waals surface area contributed by atoms with Gasteiger partial charge in [-0.25, -0.2) is 0 Å². The third-order valence-electron chi connectivity index (χ3n) is 3.19. The van der Waals surface area contributed by atoms with E-state index >= 15 is 0 Å². The smallest absolute Gasteiger partial charge is 0.231 e. The summed E-state index contributed by atoms with van der Waals surface area (Å²) in [5.74, 6) is 1.03. The highest BCUT2D eigenvalue weighted by molar-refractivity contribution is 6.01. The highest BCUT2D eigenvalue weighted by Crippen LogP contribution is 2.32. The van der Waals surface area contributed by atoms with Gasteiger partial charge in [0.25, 0.3) is 0 Å². The van der Waals surface area contributed by atoms with Gasteiger partial charge in [-0.05, 0) is 23.8 Å². The molecule has 0 atom stereocenters. The van der Waals surface area contributed by atoms with E-state index in [1.807, 2.05) is 18.2 Å². The van der Waals surface area contributed by atoms with Gasteiger partial charge in [0.15, 0.2) is 12.0 Å². The van der Waals surface area contributed by atoms with Crippen LogP contribution >= 0.6 is 0 Å². The number of rotatable bonds is 2. The van der Waals surface area contributed by atoms with Crippen LogP contribution in [0, 0.1) is 0 Å². The Balaban J connectivity index is 2.05. The summed E-state index contributed by atoms with van der Waals surface area (Å²) >= 11 is 0. The number of amides is 1. The van der Waals surface area contributed by atoms with Crippen molar-refractivity contribution in [1.29, 1.82) is 0 Å². The fourth-order valence-electron chi connectivity index (χ4n) is 2.17. The van der Waals surface area contributed by atoms with Gasteiger partial charge in [0.1, 0.15) is 5.76 Å². The molecule has 2 aromatic rings. The molecule has 0 unspecified atom stereocenters. The Labute approximate surface area is 104 Å². The van der Waals surface area contributed by atoms with Crippen LogP contribution in [0.1, 0.15) is 16.1 Å². The Morgan fingerprint density at radius 1 is 1.28 bits per heavy atom. The number of aldehydes is 1. The molecule has 1 aromatic heterocycles. The average Bonchev–Trinajstić information content (AvgIpc) is 2.96. The monoisotopic (exact) mass is 241 g/mol. The van der Waals surface area contributed by atoms with Crippen LogP contribution in [0.3, 0.4) is 0 Å². The van der Waals surface area contributed by atoms with Gasteiger partial charge in [0.05, 0.1) is 6.42 Å². The van der Waals surface area contributed by atoms with Gasteiger partial charge in [-0.15, -0.1) is 0 Å². The molecule has 2 heterocycles. The summed E-state index contributed by atoms with van der Waals surface area (Å²) < 4.78 is 5.37. The van der Waals surface area contributed by atoms with Crippen LogP contribution in [-0.2, 0) is 11.2 Å². The number of hydrogen-bond donors (Lipinski definition) is 0. The largest absolute Gasteiger partial charge is 0.453 e. The zero-order valence-corrected chi connectivity index (χ0v) is 9.84. The van der Waals surface area contributed by atoms with Crippen LogP contribution in [0.4, 0.5) is 5.69 Å². The molecule has 18 heavy (non-hydrogen) atoms. The zero-order chi connectivity index (χ0) is 12.7. The Hall–Kier alpha value is -2.36. The molecule has 3 rings (SSSR count). The molecule has 0 saturated carbocycles. The highest BCUT2D eigenvalue weighted by Gasteiger charge is 2.24. The van der Waals surface area contributed by atoms with E-state index in [1.54, 1.807) is 24.1 Å². The molecule has 0 fully saturated rings. The summed E-state index contributed by atoms with van der Waals surface area (Å²) in [6, 6.07) is 9.12. The molecule has 1 aliphatic heterocycles. The molecule has 0 aliphatic carbocycles. The van der Waals surface area contributed by atoms with Crippen LogP contribution in [-0.4, -0.2) is 19.2 Å². The summed E-state index contributed by atoms with van der Waals surface area (Å²) in [6.45, 7) is 0. The van der Waals surface area contributed by atoms with Crippen molar-refractivity contribution in [3.05, 3.63) is 41.7 Å². The fourth-order valence-corrected chi connectivity index (χ4v) is 2.17. The van der Waals surface area contributed by atoms with Gasteiger partial charge in [-0.3, -0.25) is 9.59 Å². The third-order valence-corrected chi connectivity index (χ3v) is 3.19.